The van der Waals surface area contributed by atoms with Gasteiger partial charge in [0.25, 0.3) is 0 Å². The first-order chi connectivity index (χ1) is 16.1. The number of nitrogens with zero attached hydrogens (tertiary/aromatic N) is 1. The number of hydrogen-bond donors (Lipinski definition) is 1. The number of esters is 1. The van der Waals surface area contributed by atoms with E-state index >= 15 is 0 Å². The maximum atomic E-state index is 12.4. The number of nitrogens with one attached hydrogen (secondary N) is 1. The van der Waals surface area contributed by atoms with Gasteiger partial charge in [0.05, 0.1) is 19.2 Å². The molecule has 1 atom stereocenters. The lowest BCUT2D eigenvalue weighted by molar-refractivity contribution is -0.140. The molecule has 180 valence electrons. The second kappa shape index (κ2) is 10.8. The number of fused-ring (bicyclic) bond motifs is 1. The monoisotopic (exact) mass is 482 g/mol. The molecule has 0 saturated carbocycles. The normalized spacial score (nSPS) is 12.2. The minimum Gasteiger partial charge on any atom is -0.469 e. The maximum Gasteiger partial charge on any atom is 0.412 e. The Balaban J connectivity index is 2.03. The van der Waals surface area contributed by atoms with E-state index in [1.165, 1.54) is 7.11 Å². The number of rotatable bonds is 7. The van der Waals surface area contributed by atoms with E-state index in [4.69, 9.17) is 21.1 Å². The third-order valence-electron chi connectivity index (χ3n) is 5.31. The molecular formula is C27H31ClN2O4. The Morgan fingerprint density at radius 1 is 1.03 bits per heavy atom. The Hall–Kier alpha value is -3.25. The Morgan fingerprint density at radius 2 is 1.74 bits per heavy atom. The Labute approximate surface area is 205 Å². The van der Waals surface area contributed by atoms with Crippen molar-refractivity contribution in [3.63, 3.8) is 0 Å². The molecule has 3 aromatic rings. The average Bonchev–Trinajstić information content (AvgIpc) is 2.76. The summed E-state index contributed by atoms with van der Waals surface area (Å²) in [6.45, 7) is 8.00. The number of methoxy groups -OCH3 is 1. The molecule has 3 aromatic carbocycles. The van der Waals surface area contributed by atoms with E-state index < -0.39 is 11.7 Å². The number of ether oxygens (including phenoxy) is 2. The van der Waals surface area contributed by atoms with Gasteiger partial charge in [0.2, 0.25) is 0 Å². The number of carbonyl (C=O) groups excluding carboxylic acids is 2. The highest BCUT2D eigenvalue weighted by atomic mass is 35.5. The van der Waals surface area contributed by atoms with Gasteiger partial charge in [0, 0.05) is 34.1 Å². The molecule has 0 fully saturated rings. The smallest absolute Gasteiger partial charge is 0.412 e. The summed E-state index contributed by atoms with van der Waals surface area (Å²) >= 11 is 6.23. The van der Waals surface area contributed by atoms with Gasteiger partial charge in [-0.3, -0.25) is 10.1 Å². The molecule has 7 heteroatoms. The van der Waals surface area contributed by atoms with Gasteiger partial charge in [-0.05, 0) is 57.5 Å². The number of hydrogen-bond acceptors (Lipinski definition) is 5. The minimum absolute atomic E-state index is 0.153. The molecule has 1 N–H and O–H groups in total. The molecule has 0 bridgehead atoms. The van der Waals surface area contributed by atoms with Crippen molar-refractivity contribution in [2.45, 2.75) is 52.3 Å². The van der Waals surface area contributed by atoms with Gasteiger partial charge in [0.1, 0.15) is 5.60 Å². The lowest BCUT2D eigenvalue weighted by Gasteiger charge is -2.32. The molecular weight excluding hydrogens is 452 g/mol. The zero-order valence-corrected chi connectivity index (χ0v) is 21.0. The maximum absolute atomic E-state index is 12.4. The van der Waals surface area contributed by atoms with Gasteiger partial charge >= 0.3 is 12.1 Å². The van der Waals surface area contributed by atoms with Crippen LogP contribution in [-0.2, 0) is 20.8 Å². The molecule has 0 aliphatic heterocycles. The summed E-state index contributed by atoms with van der Waals surface area (Å²) in [6.07, 6.45) is -0.288. The molecule has 0 spiro atoms. The van der Waals surface area contributed by atoms with E-state index in [-0.39, 0.29) is 18.4 Å². The molecule has 34 heavy (non-hydrogen) atoms. The topological polar surface area (TPSA) is 67.9 Å². The van der Waals surface area contributed by atoms with Gasteiger partial charge < -0.3 is 14.4 Å². The van der Waals surface area contributed by atoms with E-state index in [1.54, 1.807) is 0 Å². The number of amides is 1. The zero-order valence-electron chi connectivity index (χ0n) is 20.2. The molecule has 0 aliphatic carbocycles. The summed E-state index contributed by atoms with van der Waals surface area (Å²) in [7, 11) is 1.39. The molecule has 6 nitrogen and oxygen atoms in total. The van der Waals surface area contributed by atoms with Crippen molar-refractivity contribution in [3.05, 3.63) is 71.2 Å². The van der Waals surface area contributed by atoms with Crippen LogP contribution in [0.2, 0.25) is 5.02 Å². The van der Waals surface area contributed by atoms with Crippen LogP contribution in [0.15, 0.2) is 60.7 Å². The number of carbonyl (C=O) groups is 2. The summed E-state index contributed by atoms with van der Waals surface area (Å²) in [5.41, 5.74) is 2.00. The highest BCUT2D eigenvalue weighted by molar-refractivity contribution is 6.30. The van der Waals surface area contributed by atoms with E-state index in [1.807, 2.05) is 88.4 Å². The number of anilines is 2. The molecule has 0 radical (unpaired) electrons. The van der Waals surface area contributed by atoms with Crippen molar-refractivity contribution in [1.82, 2.24) is 0 Å². The number of benzene rings is 3. The minimum atomic E-state index is -0.600. The third-order valence-corrected chi connectivity index (χ3v) is 5.54. The summed E-state index contributed by atoms with van der Waals surface area (Å²) in [6, 6.07) is 19.1. The predicted molar refractivity (Wildman–Crippen MR) is 138 cm³/mol. The summed E-state index contributed by atoms with van der Waals surface area (Å²) < 4.78 is 10.3. The summed E-state index contributed by atoms with van der Waals surface area (Å²) in [4.78, 5) is 26.7. The van der Waals surface area contributed by atoms with Gasteiger partial charge in [-0.1, -0.05) is 48.0 Å². The van der Waals surface area contributed by atoms with Crippen molar-refractivity contribution >= 4 is 45.8 Å². The van der Waals surface area contributed by atoms with Crippen LogP contribution in [0.4, 0.5) is 16.2 Å². The fourth-order valence-electron chi connectivity index (χ4n) is 3.80. The van der Waals surface area contributed by atoms with Crippen molar-refractivity contribution in [3.8, 4) is 0 Å². The lowest BCUT2D eigenvalue weighted by Crippen LogP contribution is -2.35. The van der Waals surface area contributed by atoms with Crippen LogP contribution in [0.5, 0.6) is 0 Å². The molecule has 0 heterocycles. The van der Waals surface area contributed by atoms with Gasteiger partial charge in [-0.2, -0.15) is 0 Å². The quantitative estimate of drug-likeness (QED) is 0.375. The first-order valence-electron chi connectivity index (χ1n) is 11.2. The van der Waals surface area contributed by atoms with Crippen LogP contribution in [0.25, 0.3) is 10.8 Å². The molecule has 3 rings (SSSR count). The summed E-state index contributed by atoms with van der Waals surface area (Å²) in [5.74, 6) is -0.281. The van der Waals surface area contributed by atoms with Crippen LogP contribution in [0.1, 0.15) is 39.7 Å². The first-order valence-corrected chi connectivity index (χ1v) is 11.5. The third kappa shape index (κ3) is 6.64. The van der Waals surface area contributed by atoms with Gasteiger partial charge in [-0.25, -0.2) is 4.79 Å². The van der Waals surface area contributed by atoms with Crippen molar-refractivity contribution in [2.75, 3.05) is 17.3 Å². The Bertz CT molecular complexity index is 1170. The molecule has 1 amide bonds. The average molecular weight is 483 g/mol. The fourth-order valence-corrected chi connectivity index (χ4v) is 4.01. The second-order valence-electron chi connectivity index (χ2n) is 9.19. The van der Waals surface area contributed by atoms with Gasteiger partial charge in [0.15, 0.2) is 0 Å². The van der Waals surface area contributed by atoms with E-state index in [0.717, 1.165) is 22.0 Å². The highest BCUT2D eigenvalue weighted by Crippen LogP contribution is 2.35. The van der Waals surface area contributed by atoms with Crippen molar-refractivity contribution < 1.29 is 19.1 Å². The first kappa shape index (κ1) is 25.4. The van der Waals surface area contributed by atoms with Crippen LogP contribution in [-0.4, -0.2) is 30.8 Å². The van der Waals surface area contributed by atoms with Crippen LogP contribution in [0.3, 0.4) is 0 Å². The lowest BCUT2D eigenvalue weighted by atomic mass is 10.0. The second-order valence-corrected chi connectivity index (χ2v) is 9.63. The van der Waals surface area contributed by atoms with E-state index in [0.29, 0.717) is 17.3 Å². The highest BCUT2D eigenvalue weighted by Gasteiger charge is 2.22. The van der Waals surface area contributed by atoms with Crippen LogP contribution < -0.4 is 10.2 Å². The standard InChI is InChI=1S/C27H31ClN2O4/c1-18(15-25(31)33-5)30(17-19-9-8-10-20(28)16-19)24-14-13-23(21-11-6-7-12-22(21)24)29-26(32)34-27(2,3)4/h6-14,16,18H,15,17H2,1-5H3,(H,29,32)/t18-/m0/s1. The molecule has 0 saturated heterocycles. The predicted octanol–water partition coefficient (Wildman–Crippen LogP) is 6.80. The largest absolute Gasteiger partial charge is 0.469 e. The van der Waals surface area contributed by atoms with Crippen LogP contribution >= 0.6 is 11.6 Å². The fraction of sp³-hybridized carbons (Fsp3) is 0.333. The molecule has 0 unspecified atom stereocenters. The van der Waals surface area contributed by atoms with Gasteiger partial charge in [-0.15, -0.1) is 0 Å². The van der Waals surface area contributed by atoms with E-state index in [9.17, 15) is 9.59 Å². The SMILES string of the molecule is COC(=O)C[C@H](C)N(Cc1cccc(Cl)c1)c1ccc(NC(=O)OC(C)(C)C)c2ccccc12. The molecule has 0 aliphatic rings. The van der Waals surface area contributed by atoms with Crippen molar-refractivity contribution in [1.29, 1.82) is 0 Å². The van der Waals surface area contributed by atoms with Crippen LogP contribution in [0, 0.1) is 0 Å². The Morgan fingerprint density at radius 3 is 2.38 bits per heavy atom. The number of halogens is 1. The van der Waals surface area contributed by atoms with Crippen molar-refractivity contribution in [2.24, 2.45) is 0 Å². The zero-order chi connectivity index (χ0) is 24.9. The Kier molecular flexibility index (Phi) is 8.05. The molecule has 0 aromatic heterocycles. The summed E-state index contributed by atoms with van der Waals surface area (Å²) in [5, 5.41) is 5.32. The van der Waals surface area contributed by atoms with E-state index in [2.05, 4.69) is 10.2 Å².